The van der Waals surface area contributed by atoms with Gasteiger partial charge >= 0.3 is 6.03 Å². The number of hydrogen-bond donors (Lipinski definition) is 6. The Kier molecular flexibility index (Phi) is 13.1. The molecule has 12 heteroatoms. The van der Waals surface area contributed by atoms with Crippen molar-refractivity contribution < 1.29 is 34.8 Å². The molecule has 54 heavy (non-hydrogen) atoms. The van der Waals surface area contributed by atoms with Crippen molar-refractivity contribution in [1.29, 1.82) is 0 Å². The van der Waals surface area contributed by atoms with Gasteiger partial charge in [0.2, 0.25) is 5.91 Å². The molecule has 6 N–H and O–H groups in total. The van der Waals surface area contributed by atoms with Crippen molar-refractivity contribution in [3.8, 4) is 0 Å². The molecule has 3 aliphatic rings. The summed E-state index contributed by atoms with van der Waals surface area (Å²) in [7, 11) is 0. The van der Waals surface area contributed by atoms with E-state index in [-0.39, 0.29) is 23.9 Å². The Morgan fingerprint density at radius 3 is 2.46 bits per heavy atom. The predicted octanol–water partition coefficient (Wildman–Crippen LogP) is 3.58. The lowest BCUT2D eigenvalue weighted by atomic mass is 9.72. The first-order valence-electron chi connectivity index (χ1n) is 19.6. The van der Waals surface area contributed by atoms with E-state index in [1.807, 2.05) is 54.6 Å². The zero-order valence-corrected chi connectivity index (χ0v) is 32.0. The number of aliphatic hydroxyl groups is 4. The van der Waals surface area contributed by atoms with Crippen LogP contribution in [0.3, 0.4) is 0 Å². The number of likely N-dealkylation sites (tertiary alicyclic amines) is 2. The van der Waals surface area contributed by atoms with Gasteiger partial charge in [0.25, 0.3) is 0 Å². The first kappa shape index (κ1) is 39.9. The number of rotatable bonds is 12. The summed E-state index contributed by atoms with van der Waals surface area (Å²) in [6.45, 7) is 10.9. The molecule has 0 bridgehead atoms. The lowest BCUT2D eigenvalue weighted by molar-refractivity contribution is -0.250. The summed E-state index contributed by atoms with van der Waals surface area (Å²) in [5, 5.41) is 47.9. The molecule has 2 aromatic carbocycles. The van der Waals surface area contributed by atoms with Crippen LogP contribution in [0, 0.1) is 18.3 Å². The number of piperidine rings is 2. The second kappa shape index (κ2) is 17.8. The zero-order valence-electron chi connectivity index (χ0n) is 32.0. The Balaban J connectivity index is 0.992. The Bertz CT molecular complexity index is 1750. The molecule has 0 unspecified atom stereocenters. The molecular formula is C42H59N5O7. The van der Waals surface area contributed by atoms with Crippen LogP contribution in [0.5, 0.6) is 0 Å². The number of carbonyl (C=O) groups excluding carboxylic acids is 2. The highest BCUT2D eigenvalue weighted by Gasteiger charge is 2.44. The number of aromatic nitrogens is 1. The van der Waals surface area contributed by atoms with Crippen molar-refractivity contribution in [2.24, 2.45) is 11.3 Å². The zero-order chi connectivity index (χ0) is 38.4. The number of aliphatic hydroxyl groups excluding tert-OH is 4. The quantitative estimate of drug-likeness (QED) is 0.164. The lowest BCUT2D eigenvalue weighted by Gasteiger charge is -2.47. The van der Waals surface area contributed by atoms with Crippen molar-refractivity contribution in [3.63, 3.8) is 0 Å². The fourth-order valence-electron chi connectivity index (χ4n) is 8.45. The van der Waals surface area contributed by atoms with Gasteiger partial charge in [-0.25, -0.2) is 4.79 Å². The van der Waals surface area contributed by atoms with Crippen molar-refractivity contribution in [2.45, 2.75) is 89.9 Å². The molecule has 3 amide bonds. The van der Waals surface area contributed by atoms with E-state index < -0.39 is 37.3 Å². The fourth-order valence-corrected chi connectivity index (χ4v) is 8.45. The van der Waals surface area contributed by atoms with Gasteiger partial charge in [0, 0.05) is 44.3 Å². The van der Waals surface area contributed by atoms with E-state index in [0.717, 1.165) is 85.1 Å². The maximum absolute atomic E-state index is 12.8. The molecule has 0 radical (unpaired) electrons. The third-order valence-corrected chi connectivity index (χ3v) is 11.6. The summed E-state index contributed by atoms with van der Waals surface area (Å²) >= 11 is 0. The average Bonchev–Trinajstić information content (AvgIpc) is 3.53. The Labute approximate surface area is 318 Å². The summed E-state index contributed by atoms with van der Waals surface area (Å²) < 4.78 is 7.72. The van der Waals surface area contributed by atoms with E-state index in [2.05, 4.69) is 52.0 Å². The van der Waals surface area contributed by atoms with Crippen LogP contribution in [0.4, 0.5) is 4.79 Å². The van der Waals surface area contributed by atoms with Gasteiger partial charge in [0.1, 0.15) is 24.4 Å². The Morgan fingerprint density at radius 2 is 1.74 bits per heavy atom. The van der Waals surface area contributed by atoms with Crippen LogP contribution in [0.1, 0.15) is 74.4 Å². The Morgan fingerprint density at radius 1 is 0.981 bits per heavy atom. The van der Waals surface area contributed by atoms with E-state index >= 15 is 0 Å². The van der Waals surface area contributed by atoms with E-state index in [9.17, 15) is 30.0 Å². The van der Waals surface area contributed by atoms with Crippen LogP contribution in [-0.2, 0) is 16.0 Å². The van der Waals surface area contributed by atoms with Gasteiger partial charge in [-0.15, -0.1) is 0 Å². The average molecular weight is 746 g/mol. The SMILES string of the molecule is Cc1cccc2c1c(Cc1ccc(/C=C/CCN3CCCC4(CCN(C(=O)CNC(=O)NCC(C)C)CC4)C3)cc1)cn2[C@@H]1O[C@H](CO)[C@@H](O)[C@@H](O)[C@@H]1O. The van der Waals surface area contributed by atoms with Crippen molar-refractivity contribution in [2.75, 3.05) is 52.4 Å². The summed E-state index contributed by atoms with van der Waals surface area (Å²) in [5.74, 6) is 0.351. The topological polar surface area (TPSA) is 160 Å². The first-order valence-corrected chi connectivity index (χ1v) is 19.6. The molecule has 4 heterocycles. The number of nitrogens with one attached hydrogen (secondary N) is 2. The number of nitrogens with zero attached hydrogens (tertiary/aromatic N) is 3. The number of fused-ring (bicyclic) bond motifs is 1. The highest BCUT2D eigenvalue weighted by atomic mass is 16.6. The van der Waals surface area contributed by atoms with Gasteiger partial charge < -0.3 is 50.2 Å². The minimum absolute atomic E-state index is 0.00934. The monoisotopic (exact) mass is 745 g/mol. The molecular weight excluding hydrogens is 686 g/mol. The number of amides is 3. The number of ether oxygens (including phenoxy) is 1. The normalized spacial score (nSPS) is 24.8. The summed E-state index contributed by atoms with van der Waals surface area (Å²) in [6, 6.07) is 14.2. The van der Waals surface area contributed by atoms with Gasteiger partial charge in [0.05, 0.1) is 18.7 Å². The van der Waals surface area contributed by atoms with Gasteiger partial charge in [0.15, 0.2) is 6.23 Å². The third kappa shape index (κ3) is 9.35. The molecule has 1 aromatic heterocycles. The van der Waals surface area contributed by atoms with Crippen LogP contribution in [0.2, 0.25) is 0 Å². The van der Waals surface area contributed by atoms with E-state index in [1.165, 1.54) is 12.8 Å². The maximum atomic E-state index is 12.8. The predicted molar refractivity (Wildman–Crippen MR) is 209 cm³/mol. The van der Waals surface area contributed by atoms with Crippen molar-refractivity contribution >= 4 is 28.9 Å². The number of aryl methyl sites for hydroxylation is 1. The summed E-state index contributed by atoms with van der Waals surface area (Å²) in [5.41, 5.74) is 5.52. The van der Waals surface area contributed by atoms with Gasteiger partial charge in [-0.2, -0.15) is 0 Å². The molecule has 0 aliphatic carbocycles. The van der Waals surface area contributed by atoms with Crippen LogP contribution >= 0.6 is 0 Å². The van der Waals surface area contributed by atoms with Crippen LogP contribution in [0.25, 0.3) is 17.0 Å². The van der Waals surface area contributed by atoms with Gasteiger partial charge in [-0.05, 0) is 91.6 Å². The molecule has 3 aliphatic heterocycles. The van der Waals surface area contributed by atoms with E-state index in [1.54, 1.807) is 0 Å². The molecule has 294 valence electrons. The van der Waals surface area contributed by atoms with Crippen molar-refractivity contribution in [1.82, 2.24) is 25.0 Å². The second-order valence-electron chi connectivity index (χ2n) is 16.1. The number of carbonyl (C=O) groups is 2. The maximum Gasteiger partial charge on any atom is 0.315 e. The van der Waals surface area contributed by atoms with Crippen molar-refractivity contribution in [3.05, 3.63) is 77.0 Å². The number of urea groups is 1. The summed E-state index contributed by atoms with van der Waals surface area (Å²) in [6.07, 6.45) is 6.22. The van der Waals surface area contributed by atoms with Crippen LogP contribution in [-0.4, -0.2) is 124 Å². The molecule has 3 saturated heterocycles. The smallest absolute Gasteiger partial charge is 0.315 e. The second-order valence-corrected chi connectivity index (χ2v) is 16.1. The van der Waals surface area contributed by atoms with Gasteiger partial charge in [-0.3, -0.25) is 4.79 Å². The Hall–Kier alpha value is -3.78. The lowest BCUT2D eigenvalue weighted by Crippen LogP contribution is -2.56. The molecule has 6 rings (SSSR count). The van der Waals surface area contributed by atoms with Crippen LogP contribution in [0.15, 0.2) is 54.7 Å². The molecule has 12 nitrogen and oxygen atoms in total. The minimum atomic E-state index is -1.45. The molecule has 3 aromatic rings. The third-order valence-electron chi connectivity index (χ3n) is 11.6. The minimum Gasteiger partial charge on any atom is -0.394 e. The molecule has 0 saturated carbocycles. The van der Waals surface area contributed by atoms with E-state index in [0.29, 0.717) is 18.9 Å². The first-order chi connectivity index (χ1) is 26.0. The molecule has 5 atom stereocenters. The number of benzene rings is 2. The summed E-state index contributed by atoms with van der Waals surface area (Å²) in [4.78, 5) is 29.2. The molecule has 3 fully saturated rings. The van der Waals surface area contributed by atoms with Crippen LogP contribution < -0.4 is 10.6 Å². The number of hydrogen-bond acceptors (Lipinski definition) is 8. The highest BCUT2D eigenvalue weighted by molar-refractivity contribution is 5.88. The largest absolute Gasteiger partial charge is 0.394 e. The molecule has 1 spiro atoms. The fraction of sp³-hybridized carbons (Fsp3) is 0.571. The van der Waals surface area contributed by atoms with E-state index in [4.69, 9.17) is 4.74 Å². The standard InChI is InChI=1S/C42H59N5O7/c1-28(2)23-43-41(53)44-24-35(49)46-20-16-42(17-21-46)15-7-19-45(27-42)18-5-4-9-30-11-13-31(14-12-30)22-32-25-47(33-10-6-8-29(3)36(32)33)40-39(52)38(51)37(50)34(26-48)54-40/h4,6,8-14,25,28,34,37-40,48,50-52H,5,7,15-24,26-27H2,1-3H3,(H2,43,44,53)/b9-4+/t34-,37-,38-,39+,40-/m1/s1. The van der Waals surface area contributed by atoms with Gasteiger partial charge in [-0.1, -0.05) is 62.4 Å². The highest BCUT2D eigenvalue weighted by Crippen LogP contribution is 2.40.